The number of hydrogen-bond donors (Lipinski definition) is 0. The summed E-state index contributed by atoms with van der Waals surface area (Å²) in [6.07, 6.45) is 2.45. The number of rotatable bonds is 1. The van der Waals surface area contributed by atoms with Crippen LogP contribution in [0, 0.1) is 13.8 Å². The van der Waals surface area contributed by atoms with E-state index in [0.717, 1.165) is 0 Å². The van der Waals surface area contributed by atoms with E-state index in [-0.39, 0.29) is 28.4 Å². The van der Waals surface area contributed by atoms with Crippen molar-refractivity contribution in [2.75, 3.05) is 4.90 Å². The van der Waals surface area contributed by atoms with Gasteiger partial charge in [-0.05, 0) is 112 Å². The van der Waals surface area contributed by atoms with Crippen molar-refractivity contribution in [1.29, 1.82) is 0 Å². The van der Waals surface area contributed by atoms with Gasteiger partial charge in [-0.2, -0.15) is 0 Å². The van der Waals surface area contributed by atoms with Gasteiger partial charge in [0.25, 0.3) is 0 Å². The Hall–Kier alpha value is -3.26. The van der Waals surface area contributed by atoms with Crippen molar-refractivity contribution >= 4 is 40.2 Å². The van der Waals surface area contributed by atoms with Crippen molar-refractivity contribution in [3.05, 3.63) is 106 Å². The average molecular weight is 566 g/mol. The maximum Gasteiger partial charge on any atom is 0.247 e. The Balaban J connectivity index is 1.58. The molecule has 0 saturated heterocycles. The van der Waals surface area contributed by atoms with Gasteiger partial charge < -0.3 is 4.90 Å². The van der Waals surface area contributed by atoms with Crippen molar-refractivity contribution in [3.63, 3.8) is 0 Å². The molecule has 4 aromatic carbocycles. The summed E-state index contributed by atoms with van der Waals surface area (Å²) in [5.41, 5.74) is 18.7. The Labute approximate surface area is 260 Å². The van der Waals surface area contributed by atoms with Gasteiger partial charge in [-0.15, -0.1) is 0 Å². The second kappa shape index (κ2) is 8.90. The first kappa shape index (κ1) is 28.5. The molecule has 2 aliphatic heterocycles. The molecule has 1 aliphatic carbocycles. The molecule has 0 N–H and O–H groups in total. The van der Waals surface area contributed by atoms with E-state index in [1.54, 1.807) is 0 Å². The minimum atomic E-state index is -0.0774. The van der Waals surface area contributed by atoms with E-state index < -0.39 is 0 Å². The van der Waals surface area contributed by atoms with E-state index in [4.69, 9.17) is 0 Å². The van der Waals surface area contributed by atoms with Crippen LogP contribution in [0.5, 0.6) is 0 Å². The number of anilines is 3. The summed E-state index contributed by atoms with van der Waals surface area (Å²) >= 11 is 0. The maximum absolute atomic E-state index is 2.63. The molecule has 0 bridgehead atoms. The summed E-state index contributed by atoms with van der Waals surface area (Å²) in [6.45, 7) is 26.4. The van der Waals surface area contributed by atoms with Crippen LogP contribution in [0.4, 0.5) is 17.1 Å². The minimum absolute atomic E-state index is 0.0592. The second-order valence-corrected chi connectivity index (χ2v) is 16.8. The van der Waals surface area contributed by atoms with Crippen molar-refractivity contribution in [2.24, 2.45) is 0 Å². The number of hydrogen-bond acceptors (Lipinski definition) is 1. The van der Waals surface area contributed by atoms with Crippen molar-refractivity contribution in [1.82, 2.24) is 0 Å². The Kier molecular flexibility index (Phi) is 5.90. The SMILES string of the molecule is Cc1ccc2c(c1)B1c3ccc(C(C)(C)C)cc3N(c3ccc4c(c3)C(C)(C)CCC4(C)C)c3cc(C)cc(c31)C2(C)C. The van der Waals surface area contributed by atoms with Gasteiger partial charge in [0.15, 0.2) is 0 Å². The predicted octanol–water partition coefficient (Wildman–Crippen LogP) is 8.89. The Morgan fingerprint density at radius 2 is 1.28 bits per heavy atom. The Bertz CT molecular complexity index is 1810. The number of nitrogens with zero attached hydrogens (tertiary/aromatic N) is 1. The van der Waals surface area contributed by atoms with Crippen LogP contribution in [-0.4, -0.2) is 6.71 Å². The third-order valence-electron chi connectivity index (χ3n) is 11.2. The van der Waals surface area contributed by atoms with Crippen LogP contribution in [0.15, 0.2) is 66.7 Å². The molecule has 0 fully saturated rings. The lowest BCUT2D eigenvalue weighted by molar-refractivity contribution is 0.332. The molecule has 3 aliphatic rings. The standard InChI is InChI=1S/C41H48BN/c1-25-12-15-30-34(21-25)42-33-17-13-27(38(3,4)5)23-35(33)43(36-22-26(2)20-32(37(36)42)41(30,10)11)28-14-16-29-31(24-28)40(8,9)19-18-39(29,6)7/h12-17,20-24H,18-19H2,1-11H3. The first-order valence-corrected chi connectivity index (χ1v) is 16.4. The van der Waals surface area contributed by atoms with Gasteiger partial charge in [-0.25, -0.2) is 0 Å². The van der Waals surface area contributed by atoms with Gasteiger partial charge in [0, 0.05) is 22.5 Å². The van der Waals surface area contributed by atoms with E-state index in [1.165, 1.54) is 85.2 Å². The number of benzene rings is 4. The molecule has 0 saturated carbocycles. The van der Waals surface area contributed by atoms with Crippen LogP contribution in [-0.2, 0) is 21.7 Å². The van der Waals surface area contributed by atoms with Gasteiger partial charge in [-0.1, -0.05) is 116 Å². The fourth-order valence-corrected chi connectivity index (χ4v) is 8.47. The van der Waals surface area contributed by atoms with E-state index >= 15 is 0 Å². The largest absolute Gasteiger partial charge is 0.311 e. The molecule has 43 heavy (non-hydrogen) atoms. The molecule has 0 atom stereocenters. The summed E-state index contributed by atoms with van der Waals surface area (Å²) in [4.78, 5) is 2.63. The van der Waals surface area contributed by atoms with Gasteiger partial charge in [-0.3, -0.25) is 0 Å². The summed E-state index contributed by atoms with van der Waals surface area (Å²) < 4.78 is 0. The highest BCUT2D eigenvalue weighted by atomic mass is 15.2. The molecule has 220 valence electrons. The molecule has 0 aromatic heterocycles. The van der Waals surface area contributed by atoms with Crippen LogP contribution >= 0.6 is 0 Å². The van der Waals surface area contributed by atoms with E-state index in [2.05, 4.69) is 148 Å². The Morgan fingerprint density at radius 3 is 1.98 bits per heavy atom. The molecule has 2 heteroatoms. The van der Waals surface area contributed by atoms with Crippen molar-refractivity contribution < 1.29 is 0 Å². The van der Waals surface area contributed by atoms with Gasteiger partial charge in [0.05, 0.1) is 0 Å². The second-order valence-electron chi connectivity index (χ2n) is 16.8. The topological polar surface area (TPSA) is 3.24 Å². The molecular weight excluding hydrogens is 517 g/mol. The highest BCUT2D eigenvalue weighted by molar-refractivity contribution is 6.99. The molecule has 0 spiro atoms. The molecule has 4 aromatic rings. The average Bonchev–Trinajstić information content (AvgIpc) is 2.92. The minimum Gasteiger partial charge on any atom is -0.311 e. The van der Waals surface area contributed by atoms with Crippen LogP contribution in [0.2, 0.25) is 0 Å². The van der Waals surface area contributed by atoms with Crippen LogP contribution in [0.3, 0.4) is 0 Å². The monoisotopic (exact) mass is 565 g/mol. The fourth-order valence-electron chi connectivity index (χ4n) is 8.47. The van der Waals surface area contributed by atoms with Crippen LogP contribution < -0.4 is 21.3 Å². The molecule has 7 rings (SSSR count). The molecule has 1 nitrogen and oxygen atoms in total. The lowest BCUT2D eigenvalue weighted by atomic mass is 9.30. The number of aryl methyl sites for hydroxylation is 2. The zero-order valence-corrected chi connectivity index (χ0v) is 28.3. The maximum atomic E-state index is 2.63. The summed E-state index contributed by atoms with van der Waals surface area (Å²) in [7, 11) is 0. The van der Waals surface area contributed by atoms with Gasteiger partial charge in [0.2, 0.25) is 6.71 Å². The highest BCUT2D eigenvalue weighted by Gasteiger charge is 2.46. The molecule has 0 unspecified atom stereocenters. The van der Waals surface area contributed by atoms with Gasteiger partial charge in [0.1, 0.15) is 0 Å². The zero-order valence-electron chi connectivity index (χ0n) is 28.3. The van der Waals surface area contributed by atoms with Gasteiger partial charge >= 0.3 is 0 Å². The lowest BCUT2D eigenvalue weighted by Crippen LogP contribution is -2.64. The smallest absolute Gasteiger partial charge is 0.247 e. The third kappa shape index (κ3) is 4.12. The highest BCUT2D eigenvalue weighted by Crippen LogP contribution is 2.49. The Morgan fingerprint density at radius 1 is 0.605 bits per heavy atom. The summed E-state index contributed by atoms with van der Waals surface area (Å²) in [5.74, 6) is 0. The van der Waals surface area contributed by atoms with Crippen LogP contribution in [0.1, 0.15) is 114 Å². The van der Waals surface area contributed by atoms with Crippen LogP contribution in [0.25, 0.3) is 0 Å². The van der Waals surface area contributed by atoms with Crippen molar-refractivity contribution in [3.8, 4) is 0 Å². The first-order chi connectivity index (χ1) is 20.0. The molecule has 2 heterocycles. The fraction of sp³-hybridized carbons (Fsp3) is 0.415. The van der Waals surface area contributed by atoms with Crippen molar-refractivity contribution in [2.45, 2.75) is 111 Å². The lowest BCUT2D eigenvalue weighted by Gasteiger charge is -2.47. The quantitative estimate of drug-likeness (QED) is 0.184. The zero-order chi connectivity index (χ0) is 30.9. The predicted molar refractivity (Wildman–Crippen MR) is 188 cm³/mol. The molecule has 0 amide bonds. The normalized spacial score (nSPS) is 18.9. The van der Waals surface area contributed by atoms with E-state index in [0.29, 0.717) is 0 Å². The number of fused-ring (bicyclic) bond motifs is 5. The molecular formula is C41H48BN. The van der Waals surface area contributed by atoms with E-state index in [1.807, 2.05) is 0 Å². The molecule has 0 radical (unpaired) electrons. The third-order valence-corrected chi connectivity index (χ3v) is 11.2. The first-order valence-electron chi connectivity index (χ1n) is 16.4. The summed E-state index contributed by atoms with van der Waals surface area (Å²) in [5, 5.41) is 0. The summed E-state index contributed by atoms with van der Waals surface area (Å²) in [6, 6.07) is 26.9. The van der Waals surface area contributed by atoms with E-state index in [9.17, 15) is 0 Å².